The molecule has 0 aliphatic carbocycles. The molecule has 1 aromatic rings. The van der Waals surface area contributed by atoms with Gasteiger partial charge in [0.2, 0.25) is 0 Å². The first kappa shape index (κ1) is 17.3. The second-order valence-electron chi connectivity index (χ2n) is 4.41. The monoisotopic (exact) mass is 362 g/mol. The van der Waals surface area contributed by atoms with Crippen LogP contribution in [0.2, 0.25) is 0 Å². The maximum atomic E-state index is 12.6. The number of rotatable bonds is 5. The van der Waals surface area contributed by atoms with Crippen molar-refractivity contribution in [3.8, 4) is 0 Å². The van der Waals surface area contributed by atoms with Gasteiger partial charge in [0, 0.05) is 5.33 Å². The molecule has 0 spiro atoms. The van der Waals surface area contributed by atoms with Gasteiger partial charge in [0.1, 0.15) is 0 Å². The normalized spacial score (nSPS) is 12.8. The van der Waals surface area contributed by atoms with E-state index in [2.05, 4.69) is 15.9 Å². The third-order valence-electron chi connectivity index (χ3n) is 2.75. The molecule has 0 aliphatic heterocycles. The van der Waals surface area contributed by atoms with E-state index in [0.717, 1.165) is 30.3 Å². The molecule has 0 fully saturated rings. The maximum absolute atomic E-state index is 12.6. The fraction of sp³-hybridized carbons (Fsp3) is 0.538. The lowest BCUT2D eigenvalue weighted by atomic mass is 10.0. The van der Waals surface area contributed by atoms with Gasteiger partial charge in [0.25, 0.3) is 0 Å². The molecule has 0 heterocycles. The number of unbranched alkanes of at least 4 members (excludes halogenated alkanes) is 2. The zero-order valence-corrected chi connectivity index (χ0v) is 12.0. The summed E-state index contributed by atoms with van der Waals surface area (Å²) in [6.07, 6.45) is -7.18. The second-order valence-corrected chi connectivity index (χ2v) is 5.21. The van der Waals surface area contributed by atoms with Gasteiger partial charge >= 0.3 is 12.4 Å². The van der Waals surface area contributed by atoms with Crippen LogP contribution < -0.4 is 0 Å². The summed E-state index contributed by atoms with van der Waals surface area (Å²) in [6, 6.07) is 1.74. The third-order valence-corrected chi connectivity index (χ3v) is 3.31. The van der Waals surface area contributed by atoms with Gasteiger partial charge in [0.15, 0.2) is 0 Å². The van der Waals surface area contributed by atoms with E-state index in [9.17, 15) is 26.3 Å². The van der Waals surface area contributed by atoms with Crippen LogP contribution in [0.4, 0.5) is 26.3 Å². The molecule has 0 bridgehead atoms. The maximum Gasteiger partial charge on any atom is 0.416 e. The Bertz CT molecular complexity index is 403. The Morgan fingerprint density at radius 3 is 1.65 bits per heavy atom. The molecule has 20 heavy (non-hydrogen) atoms. The van der Waals surface area contributed by atoms with Crippen LogP contribution in [-0.2, 0) is 18.8 Å². The first-order valence-corrected chi connectivity index (χ1v) is 7.11. The van der Waals surface area contributed by atoms with Crippen molar-refractivity contribution < 1.29 is 26.3 Å². The van der Waals surface area contributed by atoms with Crippen LogP contribution in [0, 0.1) is 0 Å². The molecular weight excluding hydrogens is 350 g/mol. The summed E-state index contributed by atoms with van der Waals surface area (Å²) in [4.78, 5) is 0. The first-order valence-electron chi connectivity index (χ1n) is 5.99. The summed E-state index contributed by atoms with van der Waals surface area (Å²) in [5.41, 5.74) is -2.42. The van der Waals surface area contributed by atoms with Gasteiger partial charge in [-0.15, -0.1) is 0 Å². The Balaban J connectivity index is 2.99. The Morgan fingerprint density at radius 1 is 0.750 bits per heavy atom. The Labute approximate surface area is 121 Å². The van der Waals surface area contributed by atoms with Gasteiger partial charge in [-0.3, -0.25) is 0 Å². The van der Waals surface area contributed by atoms with Gasteiger partial charge in [0.05, 0.1) is 11.1 Å². The SMILES string of the molecule is FC(F)(F)c1cc(CCCCCBr)cc(C(F)(F)F)c1. The number of hydrogen-bond acceptors (Lipinski definition) is 0. The summed E-state index contributed by atoms with van der Waals surface area (Å²) in [7, 11) is 0. The van der Waals surface area contributed by atoms with Crippen molar-refractivity contribution in [2.24, 2.45) is 0 Å². The first-order chi connectivity index (χ1) is 9.14. The number of aryl methyl sites for hydroxylation is 1. The molecule has 1 rings (SSSR count). The molecule has 0 unspecified atom stereocenters. The molecule has 0 amide bonds. The molecule has 114 valence electrons. The average molecular weight is 363 g/mol. The Hall–Kier alpha value is -0.720. The lowest BCUT2D eigenvalue weighted by Crippen LogP contribution is -2.11. The summed E-state index contributed by atoms with van der Waals surface area (Å²) < 4.78 is 75.6. The molecule has 0 aliphatic rings. The molecule has 0 nitrogen and oxygen atoms in total. The molecule has 0 N–H and O–H groups in total. The van der Waals surface area contributed by atoms with Gasteiger partial charge in [-0.25, -0.2) is 0 Å². The van der Waals surface area contributed by atoms with Crippen LogP contribution in [0.3, 0.4) is 0 Å². The minimum atomic E-state index is -4.77. The van der Waals surface area contributed by atoms with Crippen molar-refractivity contribution in [3.05, 3.63) is 34.9 Å². The fourth-order valence-electron chi connectivity index (χ4n) is 1.76. The number of halogens is 7. The van der Waals surface area contributed by atoms with E-state index in [-0.39, 0.29) is 18.1 Å². The van der Waals surface area contributed by atoms with Crippen LogP contribution in [-0.4, -0.2) is 5.33 Å². The van der Waals surface area contributed by atoms with E-state index in [0.29, 0.717) is 6.42 Å². The van der Waals surface area contributed by atoms with Crippen LogP contribution in [0.5, 0.6) is 0 Å². The van der Waals surface area contributed by atoms with E-state index in [1.807, 2.05) is 0 Å². The third kappa shape index (κ3) is 5.34. The predicted octanol–water partition coefficient (Wildman–Crippen LogP) is 5.83. The van der Waals surface area contributed by atoms with Crippen molar-refractivity contribution >= 4 is 15.9 Å². The van der Waals surface area contributed by atoms with Crippen molar-refractivity contribution in [3.63, 3.8) is 0 Å². The van der Waals surface area contributed by atoms with Crippen LogP contribution in [0.1, 0.15) is 36.0 Å². The highest BCUT2D eigenvalue weighted by Gasteiger charge is 2.36. The van der Waals surface area contributed by atoms with Gasteiger partial charge in [-0.2, -0.15) is 26.3 Å². The summed E-state index contributed by atoms with van der Waals surface area (Å²) >= 11 is 3.21. The predicted molar refractivity (Wildman–Crippen MR) is 67.8 cm³/mol. The minimum Gasteiger partial charge on any atom is -0.166 e. The topological polar surface area (TPSA) is 0 Å². The quantitative estimate of drug-likeness (QED) is 0.351. The molecule has 0 aromatic heterocycles. The molecule has 1 aromatic carbocycles. The van der Waals surface area contributed by atoms with E-state index in [4.69, 9.17) is 0 Å². The lowest BCUT2D eigenvalue weighted by Gasteiger charge is -2.14. The molecule has 0 radical (unpaired) electrons. The van der Waals surface area contributed by atoms with Gasteiger partial charge < -0.3 is 0 Å². The highest BCUT2D eigenvalue weighted by atomic mass is 79.9. The van der Waals surface area contributed by atoms with Gasteiger partial charge in [-0.1, -0.05) is 22.4 Å². The summed E-state index contributed by atoms with van der Waals surface area (Å²) in [6.45, 7) is 0. The van der Waals surface area contributed by atoms with Crippen molar-refractivity contribution in [2.75, 3.05) is 5.33 Å². The highest BCUT2D eigenvalue weighted by molar-refractivity contribution is 9.09. The Morgan fingerprint density at radius 2 is 1.25 bits per heavy atom. The average Bonchev–Trinajstić information content (AvgIpc) is 2.32. The van der Waals surface area contributed by atoms with Crippen molar-refractivity contribution in [2.45, 2.75) is 38.0 Å². The van der Waals surface area contributed by atoms with E-state index < -0.39 is 23.5 Å². The summed E-state index contributed by atoms with van der Waals surface area (Å²) in [5.74, 6) is 0. The number of alkyl halides is 7. The van der Waals surface area contributed by atoms with Crippen LogP contribution in [0.15, 0.2) is 18.2 Å². The molecule has 0 saturated carbocycles. The van der Waals surface area contributed by atoms with Crippen molar-refractivity contribution in [1.82, 2.24) is 0 Å². The van der Waals surface area contributed by atoms with E-state index in [1.165, 1.54) is 0 Å². The second kappa shape index (κ2) is 6.83. The minimum absolute atomic E-state index is 0.0710. The van der Waals surface area contributed by atoms with Crippen LogP contribution >= 0.6 is 15.9 Å². The number of hydrogen-bond donors (Lipinski definition) is 0. The van der Waals surface area contributed by atoms with E-state index >= 15 is 0 Å². The van der Waals surface area contributed by atoms with Crippen molar-refractivity contribution in [1.29, 1.82) is 0 Å². The number of benzene rings is 1. The smallest absolute Gasteiger partial charge is 0.166 e. The van der Waals surface area contributed by atoms with Crippen LogP contribution in [0.25, 0.3) is 0 Å². The largest absolute Gasteiger partial charge is 0.416 e. The Kier molecular flexibility index (Phi) is 5.91. The summed E-state index contributed by atoms with van der Waals surface area (Å²) in [5, 5.41) is 0.767. The molecule has 0 saturated heterocycles. The van der Waals surface area contributed by atoms with E-state index in [1.54, 1.807) is 0 Å². The zero-order chi connectivity index (χ0) is 15.4. The zero-order valence-electron chi connectivity index (χ0n) is 10.4. The molecule has 7 heteroatoms. The fourth-order valence-corrected chi connectivity index (χ4v) is 2.16. The van der Waals surface area contributed by atoms with Gasteiger partial charge in [-0.05, 0) is 43.0 Å². The molecule has 0 atom stereocenters. The molecular formula is C13H13BrF6. The highest BCUT2D eigenvalue weighted by Crippen LogP contribution is 2.36. The lowest BCUT2D eigenvalue weighted by molar-refractivity contribution is -0.143. The standard InChI is InChI=1S/C13H13BrF6/c14-5-3-1-2-4-9-6-10(12(15,16)17)8-11(7-9)13(18,19)20/h6-8H,1-5H2.